The van der Waals surface area contributed by atoms with Crippen molar-refractivity contribution in [2.24, 2.45) is 11.8 Å². The van der Waals surface area contributed by atoms with Crippen LogP contribution in [0.1, 0.15) is 18.9 Å². The van der Waals surface area contributed by atoms with Gasteiger partial charge in [0.15, 0.2) is 5.82 Å². The molecule has 0 spiro atoms. The fraction of sp³-hybridized carbons (Fsp3) is 0.368. The van der Waals surface area contributed by atoms with Crippen LogP contribution < -0.4 is 4.90 Å². The lowest BCUT2D eigenvalue weighted by molar-refractivity contribution is -0.203. The Balaban J connectivity index is 1.88. The maximum Gasteiger partial charge on any atom is 0.491 e. The van der Waals surface area contributed by atoms with Gasteiger partial charge in [0.2, 0.25) is 0 Å². The third-order valence-electron chi connectivity index (χ3n) is 4.97. The van der Waals surface area contributed by atoms with Gasteiger partial charge in [-0.3, -0.25) is 9.78 Å². The Morgan fingerprint density at radius 2 is 2.07 bits per heavy atom. The summed E-state index contributed by atoms with van der Waals surface area (Å²) in [7, 11) is 0. The topological polar surface area (TPSA) is 83.3 Å². The van der Waals surface area contributed by atoms with E-state index in [2.05, 4.69) is 9.72 Å². The van der Waals surface area contributed by atoms with E-state index < -0.39 is 35.8 Å². The van der Waals surface area contributed by atoms with Gasteiger partial charge in [-0.05, 0) is 24.5 Å². The Bertz CT molecular complexity index is 1070. The second kappa shape index (κ2) is 8.07. The van der Waals surface area contributed by atoms with Crippen LogP contribution in [0.4, 0.5) is 23.2 Å². The standard InChI is InChI=1S/C19H14ClF4N3O3/c1-9-8-27(5-4-11(9)17(28)30-18(29)19(22,23)24)16-10(6-25)7-26-15-12(16)2-3-13(20)14(15)21/h2-3,7,9,11H,4-5,8H2,1H3/t9-,11+/m1/s1. The number of fused-ring (bicyclic) bond motifs is 1. The molecule has 11 heteroatoms. The lowest BCUT2D eigenvalue weighted by Crippen LogP contribution is -2.44. The van der Waals surface area contributed by atoms with Gasteiger partial charge in [-0.25, -0.2) is 9.18 Å². The van der Waals surface area contributed by atoms with Crippen LogP contribution in [0.5, 0.6) is 0 Å². The molecule has 6 nitrogen and oxygen atoms in total. The van der Waals surface area contributed by atoms with Gasteiger partial charge in [0.05, 0.1) is 22.2 Å². The predicted molar refractivity (Wildman–Crippen MR) is 98.1 cm³/mol. The van der Waals surface area contributed by atoms with Crippen molar-refractivity contribution in [2.75, 3.05) is 18.0 Å². The van der Waals surface area contributed by atoms with Crippen molar-refractivity contribution in [2.45, 2.75) is 19.5 Å². The third kappa shape index (κ3) is 4.03. The number of nitriles is 1. The van der Waals surface area contributed by atoms with Crippen LogP contribution in [-0.4, -0.2) is 36.2 Å². The van der Waals surface area contributed by atoms with Gasteiger partial charge in [0.25, 0.3) is 0 Å². The van der Waals surface area contributed by atoms with Gasteiger partial charge < -0.3 is 9.64 Å². The van der Waals surface area contributed by atoms with Crippen LogP contribution in [0, 0.1) is 29.0 Å². The number of pyridine rings is 1. The monoisotopic (exact) mass is 443 g/mol. The maximum atomic E-state index is 14.4. The summed E-state index contributed by atoms with van der Waals surface area (Å²) < 4.78 is 55.3. The van der Waals surface area contributed by atoms with Gasteiger partial charge in [-0.2, -0.15) is 18.4 Å². The first kappa shape index (κ1) is 21.8. The molecule has 2 heterocycles. The van der Waals surface area contributed by atoms with E-state index in [4.69, 9.17) is 11.6 Å². The summed E-state index contributed by atoms with van der Waals surface area (Å²) >= 11 is 5.80. The molecular formula is C19H14ClF4N3O3. The van der Waals surface area contributed by atoms with Crippen molar-refractivity contribution in [3.63, 3.8) is 0 Å². The number of hydrogen-bond donors (Lipinski definition) is 0. The molecule has 1 aromatic heterocycles. The van der Waals surface area contributed by atoms with Crippen molar-refractivity contribution < 1.29 is 31.9 Å². The molecule has 1 aromatic carbocycles. The lowest BCUT2D eigenvalue weighted by atomic mass is 9.86. The van der Waals surface area contributed by atoms with E-state index in [-0.39, 0.29) is 35.6 Å². The predicted octanol–water partition coefficient (Wildman–Crippen LogP) is 3.99. The smallest absolute Gasteiger partial charge is 0.386 e. The van der Waals surface area contributed by atoms with E-state index >= 15 is 0 Å². The Morgan fingerprint density at radius 3 is 2.67 bits per heavy atom. The second-order valence-corrected chi connectivity index (χ2v) is 7.32. The van der Waals surface area contributed by atoms with E-state index in [9.17, 15) is 32.4 Å². The molecule has 0 bridgehead atoms. The molecule has 2 aromatic rings. The largest absolute Gasteiger partial charge is 0.491 e. The molecular weight excluding hydrogens is 430 g/mol. The molecule has 2 atom stereocenters. The lowest BCUT2D eigenvalue weighted by Gasteiger charge is -2.37. The highest BCUT2D eigenvalue weighted by molar-refractivity contribution is 6.31. The van der Waals surface area contributed by atoms with Crippen LogP contribution in [-0.2, 0) is 14.3 Å². The molecule has 1 aliphatic rings. The van der Waals surface area contributed by atoms with Gasteiger partial charge in [-0.1, -0.05) is 18.5 Å². The molecule has 0 radical (unpaired) electrons. The summed E-state index contributed by atoms with van der Waals surface area (Å²) in [6.45, 7) is 1.95. The number of esters is 2. The zero-order valence-corrected chi connectivity index (χ0v) is 16.2. The van der Waals surface area contributed by atoms with Crippen LogP contribution >= 0.6 is 11.6 Å². The Hall–Kier alpha value is -2.93. The average molecular weight is 444 g/mol. The molecule has 1 fully saturated rings. The summed E-state index contributed by atoms with van der Waals surface area (Å²) in [6, 6.07) is 4.85. The highest BCUT2D eigenvalue weighted by Crippen LogP contribution is 2.36. The summed E-state index contributed by atoms with van der Waals surface area (Å²) in [6.07, 6.45) is -3.97. The minimum Gasteiger partial charge on any atom is -0.386 e. The van der Waals surface area contributed by atoms with Crippen molar-refractivity contribution in [3.8, 4) is 6.07 Å². The number of nitrogens with zero attached hydrogens (tertiary/aromatic N) is 3. The Morgan fingerprint density at radius 1 is 1.37 bits per heavy atom. The number of piperidine rings is 1. The number of carbonyl (C=O) groups is 2. The SMILES string of the molecule is C[C@@H]1CN(c2c(C#N)cnc3c(F)c(Cl)ccc23)CC[C@@H]1C(=O)OC(=O)C(F)(F)F. The third-order valence-corrected chi connectivity index (χ3v) is 5.26. The van der Waals surface area contributed by atoms with Gasteiger partial charge in [-0.15, -0.1) is 0 Å². The van der Waals surface area contributed by atoms with Gasteiger partial charge in [0.1, 0.15) is 11.6 Å². The number of ether oxygens (including phenoxy) is 1. The van der Waals surface area contributed by atoms with E-state index in [0.29, 0.717) is 11.1 Å². The maximum absolute atomic E-state index is 14.4. The molecule has 0 unspecified atom stereocenters. The molecule has 0 saturated carbocycles. The first-order valence-corrected chi connectivity index (χ1v) is 9.17. The fourth-order valence-electron chi connectivity index (χ4n) is 3.54. The second-order valence-electron chi connectivity index (χ2n) is 6.91. The number of alkyl halides is 3. The number of aromatic nitrogens is 1. The van der Waals surface area contributed by atoms with Crippen LogP contribution in [0.15, 0.2) is 18.3 Å². The first-order chi connectivity index (χ1) is 14.0. The number of rotatable bonds is 2. The average Bonchev–Trinajstić information content (AvgIpc) is 2.68. The van der Waals surface area contributed by atoms with Crippen LogP contribution in [0.25, 0.3) is 10.9 Å². The van der Waals surface area contributed by atoms with E-state index in [1.54, 1.807) is 11.8 Å². The molecule has 158 valence electrons. The normalized spacial score (nSPS) is 19.4. The van der Waals surface area contributed by atoms with Crippen LogP contribution in [0.2, 0.25) is 5.02 Å². The van der Waals surface area contributed by atoms with Gasteiger partial charge >= 0.3 is 18.1 Å². The Kier molecular flexibility index (Phi) is 5.85. The van der Waals surface area contributed by atoms with Crippen LogP contribution in [0.3, 0.4) is 0 Å². The summed E-state index contributed by atoms with van der Waals surface area (Å²) in [4.78, 5) is 28.7. The fourth-order valence-corrected chi connectivity index (χ4v) is 3.69. The quantitative estimate of drug-likeness (QED) is 0.396. The summed E-state index contributed by atoms with van der Waals surface area (Å²) in [5.41, 5.74) is 0.536. The van der Waals surface area contributed by atoms with E-state index in [1.807, 2.05) is 6.07 Å². The van der Waals surface area contributed by atoms with E-state index in [1.165, 1.54) is 18.3 Å². The number of anilines is 1. The first-order valence-electron chi connectivity index (χ1n) is 8.79. The molecule has 30 heavy (non-hydrogen) atoms. The highest BCUT2D eigenvalue weighted by atomic mass is 35.5. The van der Waals surface area contributed by atoms with Gasteiger partial charge in [0, 0.05) is 24.7 Å². The number of carbonyl (C=O) groups excluding carboxylic acids is 2. The van der Waals surface area contributed by atoms with Crippen molar-refractivity contribution in [3.05, 3.63) is 34.7 Å². The number of halogens is 5. The van der Waals surface area contributed by atoms with E-state index in [0.717, 1.165) is 0 Å². The minimum atomic E-state index is -5.26. The molecule has 3 rings (SSSR count). The van der Waals surface area contributed by atoms with Crippen molar-refractivity contribution in [1.29, 1.82) is 5.26 Å². The van der Waals surface area contributed by atoms with Crippen molar-refractivity contribution in [1.82, 2.24) is 4.98 Å². The minimum absolute atomic E-state index is 0.0264. The molecule has 0 N–H and O–H groups in total. The number of hydrogen-bond acceptors (Lipinski definition) is 6. The molecule has 0 amide bonds. The summed E-state index contributed by atoms with van der Waals surface area (Å²) in [5.74, 6) is -5.97. The summed E-state index contributed by atoms with van der Waals surface area (Å²) in [5, 5.41) is 9.67. The number of benzene rings is 1. The zero-order chi connectivity index (χ0) is 22.2. The molecule has 0 aliphatic carbocycles. The highest BCUT2D eigenvalue weighted by Gasteiger charge is 2.44. The molecule has 1 aliphatic heterocycles. The van der Waals surface area contributed by atoms with Crippen molar-refractivity contribution >= 4 is 40.1 Å². The zero-order valence-electron chi connectivity index (χ0n) is 15.5. The molecule has 1 saturated heterocycles. The Labute approximate surface area is 173 Å².